The summed E-state index contributed by atoms with van der Waals surface area (Å²) in [6.45, 7) is -0.0981. The number of para-hydroxylation sites is 2. The number of halogens is 2. The highest BCUT2D eigenvalue weighted by molar-refractivity contribution is 6.30. The van der Waals surface area contributed by atoms with Crippen LogP contribution in [-0.2, 0) is 4.79 Å². The second kappa shape index (κ2) is 8.95. The summed E-state index contributed by atoms with van der Waals surface area (Å²) in [5.74, 6) is -1.01. The van der Waals surface area contributed by atoms with Gasteiger partial charge in [-0.05, 0) is 73.0 Å². The third-order valence-corrected chi connectivity index (χ3v) is 7.05. The molecule has 2 amide bonds. The number of benzene rings is 3. The van der Waals surface area contributed by atoms with Gasteiger partial charge in [-0.15, -0.1) is 0 Å². The number of hydrogen-bond acceptors (Lipinski definition) is 2. The van der Waals surface area contributed by atoms with E-state index in [2.05, 4.69) is 4.57 Å². The van der Waals surface area contributed by atoms with Crippen LogP contribution in [0.3, 0.4) is 0 Å². The Labute approximate surface area is 213 Å². The molecule has 0 saturated heterocycles. The van der Waals surface area contributed by atoms with Gasteiger partial charge in [-0.2, -0.15) is 0 Å². The molecule has 5 nitrogen and oxygen atoms in total. The molecule has 2 aliphatic rings. The molecule has 4 aromatic rings. The van der Waals surface area contributed by atoms with Crippen LogP contribution in [0.1, 0.15) is 40.5 Å². The summed E-state index contributed by atoms with van der Waals surface area (Å²) in [7, 11) is 0. The van der Waals surface area contributed by atoms with Gasteiger partial charge in [-0.1, -0.05) is 41.9 Å². The van der Waals surface area contributed by atoms with Gasteiger partial charge in [0.25, 0.3) is 5.91 Å². The van der Waals surface area contributed by atoms with Crippen molar-refractivity contribution in [3.05, 3.63) is 119 Å². The summed E-state index contributed by atoms with van der Waals surface area (Å²) in [4.78, 5) is 30.8. The molecule has 1 aliphatic heterocycles. The second-order valence-electron chi connectivity index (χ2n) is 9.18. The Morgan fingerprint density at radius 1 is 0.917 bits per heavy atom. The predicted octanol–water partition coefficient (Wildman–Crippen LogP) is 6.01. The Morgan fingerprint density at radius 2 is 1.67 bits per heavy atom. The van der Waals surface area contributed by atoms with Crippen LogP contribution in [0.15, 0.2) is 91.1 Å². The fourth-order valence-corrected chi connectivity index (χ4v) is 5.11. The van der Waals surface area contributed by atoms with Crippen molar-refractivity contribution in [2.45, 2.75) is 24.9 Å². The highest BCUT2D eigenvalue weighted by atomic mass is 35.5. The average molecular weight is 500 g/mol. The van der Waals surface area contributed by atoms with Crippen LogP contribution >= 0.6 is 11.6 Å². The van der Waals surface area contributed by atoms with Crippen LogP contribution in [0.5, 0.6) is 0 Å². The van der Waals surface area contributed by atoms with Crippen molar-refractivity contribution in [3.63, 3.8) is 0 Å². The first-order chi connectivity index (χ1) is 17.5. The van der Waals surface area contributed by atoms with Gasteiger partial charge < -0.3 is 9.47 Å². The summed E-state index contributed by atoms with van der Waals surface area (Å²) >= 11 is 6.17. The summed E-state index contributed by atoms with van der Waals surface area (Å²) < 4.78 is 15.9. The highest BCUT2D eigenvalue weighted by Gasteiger charge is 2.40. The smallest absolute Gasteiger partial charge is 0.254 e. The largest absolute Gasteiger partial charge is 0.326 e. The Balaban J connectivity index is 1.41. The van der Waals surface area contributed by atoms with Crippen LogP contribution in [-0.4, -0.2) is 33.9 Å². The Bertz CT molecular complexity index is 1460. The lowest BCUT2D eigenvalue weighted by Gasteiger charge is -2.39. The quantitative estimate of drug-likeness (QED) is 0.337. The molecule has 0 bridgehead atoms. The van der Waals surface area contributed by atoms with Gasteiger partial charge in [-0.25, -0.2) is 4.39 Å². The zero-order valence-electron chi connectivity index (χ0n) is 19.4. The van der Waals surface area contributed by atoms with Crippen molar-refractivity contribution in [3.8, 4) is 5.69 Å². The molecule has 180 valence electrons. The zero-order chi connectivity index (χ0) is 24.8. The molecule has 1 aliphatic carbocycles. The molecule has 0 radical (unpaired) electrons. The summed E-state index contributed by atoms with van der Waals surface area (Å²) in [5, 5.41) is 0.615. The van der Waals surface area contributed by atoms with E-state index in [0.717, 1.165) is 35.5 Å². The Kier molecular flexibility index (Phi) is 5.61. The first-order valence-corrected chi connectivity index (χ1v) is 12.3. The number of rotatable bonds is 5. The molecule has 3 aromatic carbocycles. The predicted molar refractivity (Wildman–Crippen MR) is 137 cm³/mol. The third-order valence-electron chi connectivity index (χ3n) is 6.80. The van der Waals surface area contributed by atoms with E-state index in [1.807, 2.05) is 66.9 Å². The highest BCUT2D eigenvalue weighted by Crippen LogP contribution is 2.42. The SMILES string of the molecule is O=C(c1cccc(F)c1)N(CC(=O)N1c2ccccc2-n2cccc2C1c1ccc(Cl)cc1)C1CC1. The topological polar surface area (TPSA) is 45.6 Å². The third kappa shape index (κ3) is 3.97. The molecular weight excluding hydrogens is 477 g/mol. The summed E-state index contributed by atoms with van der Waals surface area (Å²) in [5.41, 5.74) is 3.76. The monoisotopic (exact) mass is 499 g/mol. The van der Waals surface area contributed by atoms with E-state index < -0.39 is 11.9 Å². The Hall–Kier alpha value is -3.90. The van der Waals surface area contributed by atoms with Crippen LogP contribution in [0.2, 0.25) is 5.02 Å². The molecule has 1 aromatic heterocycles. The van der Waals surface area contributed by atoms with Gasteiger partial charge in [0.1, 0.15) is 18.4 Å². The van der Waals surface area contributed by atoms with Crippen molar-refractivity contribution < 1.29 is 14.0 Å². The van der Waals surface area contributed by atoms with E-state index in [-0.39, 0.29) is 30.0 Å². The number of carbonyl (C=O) groups excluding carboxylic acids is 2. The molecule has 1 unspecified atom stereocenters. The summed E-state index contributed by atoms with van der Waals surface area (Å²) in [6.07, 6.45) is 3.64. The van der Waals surface area contributed by atoms with Gasteiger partial charge in [0.2, 0.25) is 5.91 Å². The molecule has 6 rings (SSSR count). The molecular formula is C29H23ClFN3O2. The van der Waals surface area contributed by atoms with Gasteiger partial charge in [-0.3, -0.25) is 14.5 Å². The normalized spacial score (nSPS) is 16.3. The maximum Gasteiger partial charge on any atom is 0.254 e. The lowest BCUT2D eigenvalue weighted by atomic mass is 9.97. The maximum absolute atomic E-state index is 14.1. The van der Waals surface area contributed by atoms with E-state index >= 15 is 0 Å². The van der Waals surface area contributed by atoms with E-state index in [9.17, 15) is 14.0 Å². The number of amides is 2. The van der Waals surface area contributed by atoms with Crippen molar-refractivity contribution in [2.75, 3.05) is 11.4 Å². The van der Waals surface area contributed by atoms with Crippen LogP contribution in [0.25, 0.3) is 5.69 Å². The average Bonchev–Trinajstić information content (AvgIpc) is 3.61. The van der Waals surface area contributed by atoms with Crippen LogP contribution in [0.4, 0.5) is 10.1 Å². The fraction of sp³-hybridized carbons (Fsp3) is 0.172. The lowest BCUT2D eigenvalue weighted by molar-refractivity contribution is -0.119. The number of hydrogen-bond donors (Lipinski definition) is 0. The molecule has 1 fully saturated rings. The summed E-state index contributed by atoms with van der Waals surface area (Å²) in [6, 6.07) is 24.4. The van der Waals surface area contributed by atoms with Gasteiger partial charge in [0, 0.05) is 22.8 Å². The fourth-order valence-electron chi connectivity index (χ4n) is 4.98. The minimum atomic E-state index is -0.476. The number of nitrogens with zero attached hydrogens (tertiary/aromatic N) is 3. The molecule has 7 heteroatoms. The van der Waals surface area contributed by atoms with E-state index in [1.54, 1.807) is 15.9 Å². The number of carbonyl (C=O) groups is 2. The lowest BCUT2D eigenvalue weighted by Crippen LogP contribution is -2.47. The second-order valence-corrected chi connectivity index (χ2v) is 9.62. The van der Waals surface area contributed by atoms with Crippen molar-refractivity contribution in [2.24, 2.45) is 0 Å². The van der Waals surface area contributed by atoms with E-state index in [0.29, 0.717) is 5.02 Å². The Morgan fingerprint density at radius 3 is 2.39 bits per heavy atom. The van der Waals surface area contributed by atoms with E-state index in [1.165, 1.54) is 18.2 Å². The molecule has 0 spiro atoms. The molecule has 1 saturated carbocycles. The number of aromatic nitrogens is 1. The van der Waals surface area contributed by atoms with Crippen LogP contribution < -0.4 is 4.90 Å². The first kappa shape index (κ1) is 22.6. The van der Waals surface area contributed by atoms with Gasteiger partial charge >= 0.3 is 0 Å². The molecule has 36 heavy (non-hydrogen) atoms. The standard InChI is InChI=1S/C29H23ClFN3O2/c30-21-12-10-19(11-13-21)28-26-9-4-16-32(26)24-7-1-2-8-25(24)34(28)27(35)18-33(23-14-15-23)29(36)20-5-3-6-22(31)17-20/h1-13,16-17,23,28H,14-15,18H2. The zero-order valence-corrected chi connectivity index (χ0v) is 20.1. The molecule has 2 heterocycles. The maximum atomic E-state index is 14.1. The van der Waals surface area contributed by atoms with Crippen molar-refractivity contribution >= 4 is 29.1 Å². The first-order valence-electron chi connectivity index (χ1n) is 11.9. The molecule has 1 atom stereocenters. The molecule has 0 N–H and O–H groups in total. The minimum Gasteiger partial charge on any atom is -0.326 e. The number of anilines is 1. The van der Waals surface area contributed by atoms with Gasteiger partial charge in [0.15, 0.2) is 0 Å². The van der Waals surface area contributed by atoms with E-state index in [4.69, 9.17) is 11.6 Å². The minimum absolute atomic E-state index is 0.0254. The van der Waals surface area contributed by atoms with Crippen LogP contribution in [0, 0.1) is 5.82 Å². The van der Waals surface area contributed by atoms with Crippen molar-refractivity contribution in [1.82, 2.24) is 9.47 Å². The van der Waals surface area contributed by atoms with Gasteiger partial charge in [0.05, 0.1) is 17.1 Å². The van der Waals surface area contributed by atoms with Crippen molar-refractivity contribution in [1.29, 1.82) is 0 Å². The number of fused-ring (bicyclic) bond motifs is 3.